The van der Waals surface area contributed by atoms with Gasteiger partial charge in [-0.1, -0.05) is 84.9 Å². The molecule has 0 radical (unpaired) electrons. The van der Waals surface area contributed by atoms with Crippen molar-refractivity contribution in [1.82, 2.24) is 0 Å². The predicted molar refractivity (Wildman–Crippen MR) is 160 cm³/mol. The molecule has 208 valence electrons. The highest BCUT2D eigenvalue weighted by atomic mass is 31.2. The van der Waals surface area contributed by atoms with Crippen LogP contribution in [0.4, 0.5) is 0 Å². The highest BCUT2D eigenvalue weighted by molar-refractivity contribution is 7.48. The topological polar surface area (TPSA) is 54.0 Å². The van der Waals surface area contributed by atoms with E-state index in [-0.39, 0.29) is 13.2 Å². The minimum absolute atomic E-state index is 0.225. The summed E-state index contributed by atoms with van der Waals surface area (Å²) < 4.78 is 37.0. The van der Waals surface area contributed by atoms with Gasteiger partial charge in [-0.25, -0.2) is 4.57 Å². The Balaban J connectivity index is 1.65. The molecule has 0 aliphatic heterocycles. The van der Waals surface area contributed by atoms with Gasteiger partial charge in [0.05, 0.1) is 19.8 Å². The smallest absolute Gasteiger partial charge is 0.493 e. The van der Waals surface area contributed by atoms with Crippen molar-refractivity contribution in [3.63, 3.8) is 0 Å². The van der Waals surface area contributed by atoms with E-state index in [0.717, 1.165) is 40.8 Å². The van der Waals surface area contributed by atoms with E-state index in [1.807, 2.05) is 25.1 Å². The molecular weight excluding hydrogens is 519 g/mol. The minimum atomic E-state index is -3.79. The molecule has 4 aromatic carbocycles. The number of phosphoric acid groups is 1. The Labute approximate surface area is 237 Å². The van der Waals surface area contributed by atoms with Crippen LogP contribution in [0.15, 0.2) is 84.9 Å². The van der Waals surface area contributed by atoms with Crippen LogP contribution in [0, 0.1) is 0 Å². The van der Waals surface area contributed by atoms with Gasteiger partial charge in [0.15, 0.2) is 0 Å². The molecule has 0 atom stereocenters. The maximum Gasteiger partial charge on any atom is 0.530 e. The fourth-order valence-corrected chi connectivity index (χ4v) is 6.65. The van der Waals surface area contributed by atoms with Crippen molar-refractivity contribution in [2.24, 2.45) is 0 Å². The lowest BCUT2D eigenvalue weighted by Gasteiger charge is -2.22. The zero-order chi connectivity index (χ0) is 28.0. The van der Waals surface area contributed by atoms with Crippen molar-refractivity contribution in [2.45, 2.75) is 46.5 Å². The van der Waals surface area contributed by atoms with Crippen LogP contribution in [0.3, 0.4) is 0 Å². The van der Waals surface area contributed by atoms with Crippen LogP contribution in [-0.2, 0) is 39.3 Å². The largest absolute Gasteiger partial charge is 0.530 e. The van der Waals surface area contributed by atoms with E-state index in [2.05, 4.69) is 66.7 Å². The first-order chi connectivity index (χ1) is 19.5. The summed E-state index contributed by atoms with van der Waals surface area (Å²) in [5, 5.41) is 0. The number of hydrogen-bond donors (Lipinski definition) is 0. The van der Waals surface area contributed by atoms with Gasteiger partial charge in [0.2, 0.25) is 0 Å². The van der Waals surface area contributed by atoms with Gasteiger partial charge in [-0.3, -0.25) is 9.05 Å². The Morgan fingerprint density at radius 1 is 0.550 bits per heavy atom. The minimum Gasteiger partial charge on any atom is -0.493 e. The Morgan fingerprint density at radius 3 is 1.30 bits per heavy atom. The molecule has 0 heterocycles. The van der Waals surface area contributed by atoms with Crippen molar-refractivity contribution in [1.29, 1.82) is 0 Å². The van der Waals surface area contributed by atoms with Crippen LogP contribution in [0.1, 0.15) is 65.3 Å². The van der Waals surface area contributed by atoms with Gasteiger partial charge >= 0.3 is 7.82 Å². The lowest BCUT2D eigenvalue weighted by atomic mass is 9.93. The Hall–Kier alpha value is -3.37. The van der Waals surface area contributed by atoms with Gasteiger partial charge in [0.1, 0.15) is 11.5 Å². The van der Waals surface area contributed by atoms with Crippen LogP contribution in [0.25, 0.3) is 0 Å². The summed E-state index contributed by atoms with van der Waals surface area (Å²) in [7, 11) is -3.79. The number of phosphoric ester groups is 1. The zero-order valence-electron chi connectivity index (χ0n) is 23.5. The van der Waals surface area contributed by atoms with Crippen LogP contribution in [0.2, 0.25) is 0 Å². The van der Waals surface area contributed by atoms with E-state index in [9.17, 15) is 4.57 Å². The Kier molecular flexibility index (Phi) is 9.06. The van der Waals surface area contributed by atoms with E-state index in [1.165, 1.54) is 22.3 Å². The Bertz CT molecular complexity index is 1410. The second kappa shape index (κ2) is 12.9. The van der Waals surface area contributed by atoms with Gasteiger partial charge in [-0.2, -0.15) is 0 Å². The van der Waals surface area contributed by atoms with Gasteiger partial charge in [-0.15, -0.1) is 0 Å². The molecule has 5 rings (SSSR count). The normalized spacial score (nSPS) is 13.1. The molecule has 0 unspecified atom stereocenters. The molecule has 6 heteroatoms. The van der Waals surface area contributed by atoms with Crippen molar-refractivity contribution in [3.8, 4) is 11.5 Å². The summed E-state index contributed by atoms with van der Waals surface area (Å²) in [6.07, 6.45) is 2.77. The van der Waals surface area contributed by atoms with E-state index in [1.54, 1.807) is 13.8 Å². The molecule has 40 heavy (non-hydrogen) atoms. The van der Waals surface area contributed by atoms with Crippen LogP contribution in [0.5, 0.6) is 11.5 Å². The number of ether oxygens (including phenoxy) is 1. The number of rotatable bonds is 8. The summed E-state index contributed by atoms with van der Waals surface area (Å²) in [4.78, 5) is 0. The standard InChI is InChI=1S/C34H37O5P/c1-4-36-33-29-15-9-16-30(33)22-26-12-8-14-28(20-26)24-32-18-10-17-31(23-27-13-7-11-25(19-27)21-29)34(32)39-40(35,37-5-2)38-6-3/h7-20H,4-6,21-24H2,1-3H3. The Morgan fingerprint density at radius 2 is 0.925 bits per heavy atom. The summed E-state index contributed by atoms with van der Waals surface area (Å²) >= 11 is 0. The van der Waals surface area contributed by atoms with Gasteiger partial charge in [0, 0.05) is 25.7 Å². The molecule has 4 aromatic rings. The summed E-state index contributed by atoms with van der Waals surface area (Å²) in [5.41, 5.74) is 8.94. The summed E-state index contributed by atoms with van der Waals surface area (Å²) in [5.74, 6) is 1.55. The third kappa shape index (κ3) is 6.67. The maximum absolute atomic E-state index is 13.5. The molecule has 0 spiro atoms. The van der Waals surface area contributed by atoms with E-state index in [0.29, 0.717) is 25.2 Å². The molecule has 0 N–H and O–H groups in total. The summed E-state index contributed by atoms with van der Waals surface area (Å²) in [6, 6.07) is 29.8. The van der Waals surface area contributed by atoms with Gasteiger partial charge in [-0.05, 0) is 65.3 Å². The second-order valence-corrected chi connectivity index (χ2v) is 11.6. The fraction of sp³-hybridized carbons (Fsp3) is 0.294. The lowest BCUT2D eigenvalue weighted by molar-refractivity contribution is 0.167. The quantitative estimate of drug-likeness (QED) is 0.180. The highest BCUT2D eigenvalue weighted by Crippen LogP contribution is 2.51. The first kappa shape index (κ1) is 28.2. The maximum atomic E-state index is 13.5. The highest BCUT2D eigenvalue weighted by Gasteiger charge is 2.30. The molecule has 0 fully saturated rings. The van der Waals surface area contributed by atoms with Crippen molar-refractivity contribution in [3.05, 3.63) is 129 Å². The molecule has 0 saturated carbocycles. The number of hydrogen-bond acceptors (Lipinski definition) is 5. The van der Waals surface area contributed by atoms with Crippen molar-refractivity contribution < 1.29 is 22.9 Å². The van der Waals surface area contributed by atoms with Crippen molar-refractivity contribution >= 4 is 7.82 Å². The average Bonchev–Trinajstić information content (AvgIpc) is 2.93. The first-order valence-electron chi connectivity index (χ1n) is 14.1. The molecule has 1 aliphatic carbocycles. The average molecular weight is 557 g/mol. The molecular formula is C34H37O5P. The number of benzene rings is 4. The van der Waals surface area contributed by atoms with Gasteiger partial charge in [0.25, 0.3) is 0 Å². The lowest BCUT2D eigenvalue weighted by Crippen LogP contribution is -2.07. The van der Waals surface area contributed by atoms with Crippen molar-refractivity contribution in [2.75, 3.05) is 19.8 Å². The molecule has 0 saturated heterocycles. The van der Waals surface area contributed by atoms with Gasteiger partial charge < -0.3 is 9.26 Å². The third-order valence-electron chi connectivity index (χ3n) is 6.98. The monoisotopic (exact) mass is 556 g/mol. The number of fused-ring (bicyclic) bond motifs is 8. The predicted octanol–water partition coefficient (Wildman–Crippen LogP) is 8.32. The summed E-state index contributed by atoms with van der Waals surface area (Å²) in [6.45, 7) is 6.68. The van der Waals surface area contributed by atoms with Crippen LogP contribution in [-0.4, -0.2) is 19.8 Å². The molecule has 8 bridgehead atoms. The van der Waals surface area contributed by atoms with Crippen LogP contribution < -0.4 is 9.26 Å². The third-order valence-corrected chi connectivity index (χ3v) is 8.54. The molecule has 1 aliphatic rings. The van der Waals surface area contributed by atoms with E-state index < -0.39 is 7.82 Å². The fourth-order valence-electron chi connectivity index (χ4n) is 5.38. The van der Waals surface area contributed by atoms with E-state index in [4.69, 9.17) is 18.3 Å². The van der Waals surface area contributed by atoms with Crippen LogP contribution >= 0.6 is 7.82 Å². The second-order valence-electron chi connectivity index (χ2n) is 9.96. The zero-order valence-corrected chi connectivity index (χ0v) is 24.4. The first-order valence-corrected chi connectivity index (χ1v) is 15.5. The molecule has 5 nitrogen and oxygen atoms in total. The molecule has 0 amide bonds. The molecule has 0 aromatic heterocycles. The number of para-hydroxylation sites is 2. The van der Waals surface area contributed by atoms with E-state index >= 15 is 0 Å². The SMILES string of the molecule is CCOc1c2cccc1Cc1cccc(c1)Cc1cccc(c1OP(=O)(OCC)OCC)Cc1cccc(c1)C2.